The second-order valence-corrected chi connectivity index (χ2v) is 12.2. The Hall–Kier alpha value is -6.44. The predicted octanol–water partition coefficient (Wildman–Crippen LogP) is 13.7. The lowest BCUT2D eigenvalue weighted by molar-refractivity contribution is 0.633. The van der Waals surface area contributed by atoms with E-state index in [0.717, 1.165) is 38.2 Å². The van der Waals surface area contributed by atoms with Gasteiger partial charge in [0.05, 0.1) is 11.0 Å². The summed E-state index contributed by atoms with van der Waals surface area (Å²) in [4.78, 5) is 0. The average Bonchev–Trinajstić information content (AvgIpc) is 3.63. The van der Waals surface area contributed by atoms with Crippen LogP contribution in [-0.4, -0.2) is 0 Å². The number of hydrogen-bond donors (Lipinski definition) is 0. The van der Waals surface area contributed by atoms with Crippen molar-refractivity contribution in [3.63, 3.8) is 0 Å². The molecule has 10 aromatic rings. The van der Waals surface area contributed by atoms with Gasteiger partial charge in [-0.15, -0.1) is 0 Å². The maximum absolute atomic E-state index is 9.59. The van der Waals surface area contributed by atoms with E-state index in [4.69, 9.17) is 9.90 Å². The van der Waals surface area contributed by atoms with Crippen LogP contribution in [0.3, 0.4) is 0 Å². The van der Waals surface area contributed by atoms with Gasteiger partial charge in [-0.25, -0.2) is 0 Å². The van der Waals surface area contributed by atoms with E-state index in [1.54, 1.807) is 24.3 Å². The molecule has 0 unspecified atom stereocenters. The maximum atomic E-state index is 9.59. The van der Waals surface area contributed by atoms with E-state index in [-0.39, 0.29) is 51.3 Å². The van der Waals surface area contributed by atoms with E-state index in [1.807, 2.05) is 84.9 Å². The van der Waals surface area contributed by atoms with Crippen LogP contribution in [0.4, 0.5) is 0 Å². The number of rotatable bonds is 4. The lowest BCUT2D eigenvalue weighted by atomic mass is 9.84. The highest BCUT2D eigenvalue weighted by atomic mass is 16.3. The van der Waals surface area contributed by atoms with Crippen molar-refractivity contribution in [2.24, 2.45) is 0 Å². The quantitative estimate of drug-likeness (QED) is 0.139. The van der Waals surface area contributed by atoms with Crippen molar-refractivity contribution in [1.82, 2.24) is 0 Å². The molecule has 1 aromatic heterocycles. The molecule has 0 amide bonds. The molecule has 0 aliphatic rings. The van der Waals surface area contributed by atoms with E-state index < -0.39 is 24.2 Å². The zero-order chi connectivity index (χ0) is 39.3. The minimum absolute atomic E-state index is 0.136. The lowest BCUT2D eigenvalue weighted by Gasteiger charge is -2.18. The van der Waals surface area contributed by atoms with Crippen LogP contribution in [0.1, 0.15) is 11.0 Å². The molecule has 0 radical (unpaired) electrons. The normalized spacial score (nSPS) is 14.0. The summed E-state index contributed by atoms with van der Waals surface area (Å²) in [6.45, 7) is 0. The Bertz CT molecular complexity index is 3240. The van der Waals surface area contributed by atoms with Gasteiger partial charge in [0.25, 0.3) is 0 Å². The minimum Gasteiger partial charge on any atom is -0.455 e. The van der Waals surface area contributed by atoms with Crippen molar-refractivity contribution in [2.75, 3.05) is 0 Å². The van der Waals surface area contributed by atoms with Gasteiger partial charge in [0.1, 0.15) is 11.3 Å². The summed E-state index contributed by atoms with van der Waals surface area (Å²) in [6.07, 6.45) is 0. The Morgan fingerprint density at radius 3 is 1.69 bits per heavy atom. The van der Waals surface area contributed by atoms with E-state index in [9.17, 15) is 5.48 Å². The van der Waals surface area contributed by atoms with Gasteiger partial charge in [-0.2, -0.15) is 0 Å². The first-order valence-electron chi connectivity index (χ1n) is 20.2. The molecule has 0 aliphatic heterocycles. The number of fused-ring (bicyclic) bond motifs is 6. The van der Waals surface area contributed by atoms with Gasteiger partial charge >= 0.3 is 0 Å². The van der Waals surface area contributed by atoms with E-state index in [0.29, 0.717) is 33.4 Å². The van der Waals surface area contributed by atoms with Crippen LogP contribution in [0, 0.1) is 0 Å². The summed E-state index contributed by atoms with van der Waals surface area (Å²) < 4.78 is 80.7. The van der Waals surface area contributed by atoms with Crippen LogP contribution in [0.2, 0.25) is 0 Å². The molecule has 10 rings (SSSR count). The maximum Gasteiger partial charge on any atom is 0.143 e. The number of hydrogen-bond acceptors (Lipinski definition) is 1. The van der Waals surface area contributed by atoms with Gasteiger partial charge in [0, 0.05) is 22.1 Å². The Labute approximate surface area is 295 Å². The van der Waals surface area contributed by atoms with Crippen LogP contribution >= 0.6 is 0 Å². The molecule has 0 saturated heterocycles. The minimum atomic E-state index is -0.455. The first kappa shape index (κ1) is 20.7. The fourth-order valence-electron chi connectivity index (χ4n) is 7.35. The van der Waals surface area contributed by atoms with Crippen molar-refractivity contribution in [3.8, 4) is 44.7 Å². The van der Waals surface area contributed by atoms with Gasteiger partial charge in [-0.1, -0.05) is 170 Å². The van der Waals surface area contributed by atoms with Crippen LogP contribution < -0.4 is 0 Å². The lowest BCUT2D eigenvalue weighted by Crippen LogP contribution is -1.92. The summed E-state index contributed by atoms with van der Waals surface area (Å²) in [6, 6.07) is 39.9. The Balaban J connectivity index is 1.50. The van der Waals surface area contributed by atoms with Gasteiger partial charge in [-0.05, 0) is 77.5 Å². The largest absolute Gasteiger partial charge is 0.455 e. The van der Waals surface area contributed by atoms with Crippen LogP contribution in [0.25, 0.3) is 98.8 Å². The van der Waals surface area contributed by atoms with Gasteiger partial charge < -0.3 is 4.42 Å². The number of furan rings is 1. The fraction of sp³-hybridized carbons (Fsp3) is 0. The number of benzene rings is 9. The van der Waals surface area contributed by atoms with Crippen LogP contribution in [0.5, 0.6) is 0 Å². The van der Waals surface area contributed by atoms with Crippen LogP contribution in [0.15, 0.2) is 186 Å². The second kappa shape index (κ2) is 11.1. The molecule has 0 bridgehead atoms. The molecule has 228 valence electrons. The predicted molar refractivity (Wildman–Crippen MR) is 208 cm³/mol. The molecular formula is C48H30O. The van der Waals surface area contributed by atoms with Gasteiger partial charge in [0.15, 0.2) is 0 Å². The van der Waals surface area contributed by atoms with Gasteiger partial charge in [-0.3, -0.25) is 0 Å². The molecule has 1 heteroatoms. The third kappa shape index (κ3) is 4.33. The third-order valence-electron chi connectivity index (χ3n) is 9.51. The summed E-state index contributed by atoms with van der Waals surface area (Å²) >= 11 is 0. The zero-order valence-electron chi connectivity index (χ0n) is 34.1. The molecule has 0 fully saturated rings. The van der Waals surface area contributed by atoms with E-state index >= 15 is 0 Å². The molecule has 9 aromatic carbocycles. The van der Waals surface area contributed by atoms with Crippen LogP contribution in [-0.2, 0) is 0 Å². The van der Waals surface area contributed by atoms with E-state index in [2.05, 4.69) is 24.3 Å². The molecule has 0 saturated carbocycles. The van der Waals surface area contributed by atoms with Crippen molar-refractivity contribution < 1.29 is 15.4 Å². The Morgan fingerprint density at radius 2 is 0.980 bits per heavy atom. The molecule has 0 atom stereocenters. The molecule has 0 N–H and O–H groups in total. The summed E-state index contributed by atoms with van der Waals surface area (Å²) in [5, 5.41) is 5.20. The average molecular weight is 631 g/mol. The topological polar surface area (TPSA) is 13.1 Å². The summed E-state index contributed by atoms with van der Waals surface area (Å²) in [5.74, 6) is 0.408. The van der Waals surface area contributed by atoms with Crippen molar-refractivity contribution in [1.29, 1.82) is 0 Å². The zero-order valence-corrected chi connectivity index (χ0v) is 26.1. The monoisotopic (exact) mass is 630 g/mol. The molecule has 49 heavy (non-hydrogen) atoms. The summed E-state index contributed by atoms with van der Waals surface area (Å²) in [7, 11) is 0. The third-order valence-corrected chi connectivity index (χ3v) is 9.51. The molecule has 1 heterocycles. The highest BCUT2D eigenvalue weighted by Crippen LogP contribution is 2.51. The standard InChI is InChI=1S/C48H30O/c1-3-14-31(15-4-1)34-27-29-44-43(30-34)47(48(49-44)42-25-13-24-36-35-19-8-7-16-32(35)26-28-37(36)42)46-40-22-11-9-20-38(40)45(33-17-5-2-6-18-33)39-21-10-12-23-41(39)46/h1-30H/i9D,10D,11D,12D,20D,21D,22D,23D. The van der Waals surface area contributed by atoms with Gasteiger partial charge in [0.2, 0.25) is 0 Å². The van der Waals surface area contributed by atoms with Crippen molar-refractivity contribution in [2.45, 2.75) is 0 Å². The first-order valence-corrected chi connectivity index (χ1v) is 16.2. The molecule has 1 nitrogen and oxygen atoms in total. The highest BCUT2D eigenvalue weighted by molar-refractivity contribution is 6.26. The summed E-state index contributed by atoms with van der Waals surface area (Å²) in [5.41, 5.74) is 4.62. The molecule has 0 aliphatic carbocycles. The van der Waals surface area contributed by atoms with E-state index in [1.165, 1.54) is 0 Å². The SMILES string of the molecule is [2H]c1c([2H])c([2H])c2c(-c3c(-c4cccc5c4ccc4ccccc45)oc4ccc(-c5ccccc5)cc34)c3c([2H])c([2H])c([2H])c([2H])c3c(-c3ccccc3)c2c1[2H]. The Morgan fingerprint density at radius 1 is 0.367 bits per heavy atom. The Kier molecular flexibility index (Phi) is 4.69. The van der Waals surface area contributed by atoms with Crippen molar-refractivity contribution in [3.05, 3.63) is 182 Å². The first-order chi connectivity index (χ1) is 27.7. The van der Waals surface area contributed by atoms with Crippen molar-refractivity contribution >= 4 is 54.1 Å². The highest BCUT2D eigenvalue weighted by Gasteiger charge is 2.25. The smallest absolute Gasteiger partial charge is 0.143 e. The fourth-order valence-corrected chi connectivity index (χ4v) is 7.35. The molecule has 0 spiro atoms. The second-order valence-electron chi connectivity index (χ2n) is 12.2. The molecular weight excluding hydrogens is 593 g/mol.